The molecule has 1 aliphatic heterocycles. The molecule has 2 heterocycles. The van der Waals surface area contributed by atoms with Gasteiger partial charge < -0.3 is 9.63 Å². The molecule has 1 saturated heterocycles. The van der Waals surface area contributed by atoms with E-state index in [0.29, 0.717) is 13.0 Å². The van der Waals surface area contributed by atoms with Crippen LogP contribution in [-0.2, 0) is 11.3 Å². The number of carbonyl (C=O) groups is 1. The van der Waals surface area contributed by atoms with Crippen LogP contribution in [0.4, 0.5) is 0 Å². The van der Waals surface area contributed by atoms with E-state index in [4.69, 9.17) is 4.52 Å². The number of nitrogens with zero attached hydrogens (tertiary/aromatic N) is 2. The summed E-state index contributed by atoms with van der Waals surface area (Å²) in [6.07, 6.45) is 1.41. The zero-order chi connectivity index (χ0) is 13.3. The molecular weight excluding hydrogens is 232 g/mol. The van der Waals surface area contributed by atoms with E-state index in [1.165, 1.54) is 0 Å². The summed E-state index contributed by atoms with van der Waals surface area (Å²) in [5.41, 5.74) is 1.42. The van der Waals surface area contributed by atoms with Crippen LogP contribution in [0, 0.1) is 19.3 Å². The summed E-state index contributed by atoms with van der Waals surface area (Å²) in [5, 5.41) is 13.3. The van der Waals surface area contributed by atoms with Gasteiger partial charge in [-0.3, -0.25) is 9.69 Å². The minimum atomic E-state index is -0.675. The van der Waals surface area contributed by atoms with Crippen LogP contribution < -0.4 is 0 Å². The van der Waals surface area contributed by atoms with Crippen molar-refractivity contribution >= 4 is 5.97 Å². The number of aliphatic carboxylic acids is 1. The standard InChI is InChI=1S/C13H20N2O3/c1-4-13(12(16)17)5-6-15(8-13)7-11-9(2)14-18-10(11)3/h4-8H2,1-3H3,(H,16,17). The lowest BCUT2D eigenvalue weighted by Gasteiger charge is -2.23. The van der Waals surface area contributed by atoms with Gasteiger partial charge in [0.15, 0.2) is 0 Å². The van der Waals surface area contributed by atoms with Crippen LogP contribution in [0.2, 0.25) is 0 Å². The number of carboxylic acid groups (broad SMARTS) is 1. The van der Waals surface area contributed by atoms with Gasteiger partial charge in [0, 0.05) is 18.7 Å². The molecule has 1 aromatic heterocycles. The van der Waals surface area contributed by atoms with Crippen molar-refractivity contribution in [1.82, 2.24) is 10.1 Å². The van der Waals surface area contributed by atoms with Crippen molar-refractivity contribution < 1.29 is 14.4 Å². The summed E-state index contributed by atoms with van der Waals surface area (Å²) in [6.45, 7) is 7.94. The van der Waals surface area contributed by atoms with Crippen LogP contribution in [0.25, 0.3) is 0 Å². The minimum Gasteiger partial charge on any atom is -0.481 e. The Morgan fingerprint density at radius 1 is 1.56 bits per heavy atom. The third-order valence-electron chi connectivity index (χ3n) is 4.13. The van der Waals surface area contributed by atoms with Gasteiger partial charge in [-0.1, -0.05) is 12.1 Å². The highest BCUT2D eigenvalue weighted by Crippen LogP contribution is 2.35. The van der Waals surface area contributed by atoms with Crippen molar-refractivity contribution in [2.24, 2.45) is 5.41 Å². The minimum absolute atomic E-state index is 0.570. The Labute approximate surface area is 107 Å². The summed E-state index contributed by atoms with van der Waals surface area (Å²) < 4.78 is 5.14. The van der Waals surface area contributed by atoms with Crippen LogP contribution in [0.5, 0.6) is 0 Å². The van der Waals surface area contributed by atoms with Crippen LogP contribution >= 0.6 is 0 Å². The lowest BCUT2D eigenvalue weighted by Crippen LogP contribution is -2.34. The number of likely N-dealkylation sites (tertiary alicyclic amines) is 1. The topological polar surface area (TPSA) is 66.6 Å². The fourth-order valence-corrected chi connectivity index (χ4v) is 2.66. The van der Waals surface area contributed by atoms with Crippen LogP contribution in [0.1, 0.15) is 36.8 Å². The van der Waals surface area contributed by atoms with Crippen LogP contribution in [0.3, 0.4) is 0 Å². The van der Waals surface area contributed by atoms with Gasteiger partial charge >= 0.3 is 5.97 Å². The summed E-state index contributed by atoms with van der Waals surface area (Å²) in [7, 11) is 0. The largest absolute Gasteiger partial charge is 0.481 e. The second-order valence-electron chi connectivity index (χ2n) is 5.20. The number of carboxylic acids is 1. The van der Waals surface area contributed by atoms with Crippen LogP contribution in [-0.4, -0.2) is 34.2 Å². The quantitative estimate of drug-likeness (QED) is 0.887. The number of aromatic nitrogens is 1. The second-order valence-corrected chi connectivity index (χ2v) is 5.20. The van der Waals surface area contributed by atoms with E-state index in [2.05, 4.69) is 10.1 Å². The summed E-state index contributed by atoms with van der Waals surface area (Å²) in [4.78, 5) is 13.6. The lowest BCUT2D eigenvalue weighted by molar-refractivity contribution is -0.148. The van der Waals surface area contributed by atoms with Gasteiger partial charge in [0.25, 0.3) is 0 Å². The first-order valence-electron chi connectivity index (χ1n) is 6.36. The van der Waals surface area contributed by atoms with Gasteiger partial charge in [-0.25, -0.2) is 0 Å². The molecule has 5 nitrogen and oxygen atoms in total. The molecule has 5 heteroatoms. The van der Waals surface area contributed by atoms with Crippen molar-refractivity contribution in [2.45, 2.75) is 40.2 Å². The first-order chi connectivity index (χ1) is 8.48. The zero-order valence-corrected chi connectivity index (χ0v) is 11.2. The van der Waals surface area contributed by atoms with Crippen molar-refractivity contribution in [3.63, 3.8) is 0 Å². The molecule has 18 heavy (non-hydrogen) atoms. The Kier molecular flexibility index (Phi) is 3.43. The van der Waals surface area contributed by atoms with E-state index in [0.717, 1.165) is 36.5 Å². The monoisotopic (exact) mass is 252 g/mol. The van der Waals surface area contributed by atoms with Gasteiger partial charge in [-0.15, -0.1) is 0 Å². The lowest BCUT2D eigenvalue weighted by atomic mass is 9.84. The fourth-order valence-electron chi connectivity index (χ4n) is 2.66. The maximum atomic E-state index is 11.4. The first-order valence-corrected chi connectivity index (χ1v) is 6.36. The Morgan fingerprint density at radius 3 is 2.72 bits per heavy atom. The van der Waals surface area contributed by atoms with Gasteiger partial charge in [0.1, 0.15) is 5.76 Å². The molecule has 2 rings (SSSR count). The highest BCUT2D eigenvalue weighted by molar-refractivity contribution is 5.75. The van der Waals surface area contributed by atoms with E-state index < -0.39 is 11.4 Å². The van der Waals surface area contributed by atoms with E-state index in [9.17, 15) is 9.90 Å². The van der Waals surface area contributed by atoms with Crippen molar-refractivity contribution in [2.75, 3.05) is 13.1 Å². The molecule has 0 aliphatic carbocycles. The maximum absolute atomic E-state index is 11.4. The maximum Gasteiger partial charge on any atom is 0.310 e. The SMILES string of the molecule is CCC1(C(=O)O)CCN(Cc2c(C)noc2C)C1. The van der Waals surface area contributed by atoms with Crippen molar-refractivity contribution in [3.05, 3.63) is 17.0 Å². The molecule has 1 aromatic rings. The predicted molar refractivity (Wildman–Crippen MR) is 66.2 cm³/mol. The van der Waals surface area contributed by atoms with Gasteiger partial charge in [0.05, 0.1) is 11.1 Å². The molecule has 100 valence electrons. The predicted octanol–water partition coefficient (Wildman–Crippen LogP) is 1.98. The zero-order valence-electron chi connectivity index (χ0n) is 11.2. The average molecular weight is 252 g/mol. The highest BCUT2D eigenvalue weighted by atomic mass is 16.5. The smallest absolute Gasteiger partial charge is 0.310 e. The molecule has 0 radical (unpaired) electrons. The molecule has 0 saturated carbocycles. The Balaban J connectivity index is 2.08. The molecular formula is C13H20N2O3. The molecule has 0 bridgehead atoms. The van der Waals surface area contributed by atoms with Gasteiger partial charge in [-0.2, -0.15) is 0 Å². The fraction of sp³-hybridized carbons (Fsp3) is 0.692. The van der Waals surface area contributed by atoms with Gasteiger partial charge in [0.2, 0.25) is 0 Å². The molecule has 0 amide bonds. The van der Waals surface area contributed by atoms with Crippen molar-refractivity contribution in [1.29, 1.82) is 0 Å². The summed E-state index contributed by atoms with van der Waals surface area (Å²) in [5.74, 6) is 0.156. The Hall–Kier alpha value is -1.36. The summed E-state index contributed by atoms with van der Waals surface area (Å²) in [6, 6.07) is 0. The van der Waals surface area contributed by atoms with E-state index in [1.807, 2.05) is 20.8 Å². The second kappa shape index (κ2) is 4.72. The van der Waals surface area contributed by atoms with E-state index in [-0.39, 0.29) is 0 Å². The molecule has 1 aliphatic rings. The molecule has 1 N–H and O–H groups in total. The number of hydrogen-bond donors (Lipinski definition) is 1. The molecule has 1 atom stereocenters. The van der Waals surface area contributed by atoms with Crippen molar-refractivity contribution in [3.8, 4) is 0 Å². The molecule has 1 unspecified atom stereocenters. The number of rotatable bonds is 4. The van der Waals surface area contributed by atoms with Crippen LogP contribution in [0.15, 0.2) is 4.52 Å². The highest BCUT2D eigenvalue weighted by Gasteiger charge is 2.43. The number of aryl methyl sites for hydroxylation is 2. The third-order valence-corrected chi connectivity index (χ3v) is 4.13. The normalized spacial score (nSPS) is 24.6. The molecule has 0 aromatic carbocycles. The first kappa shape index (κ1) is 13.1. The van der Waals surface area contributed by atoms with E-state index >= 15 is 0 Å². The van der Waals surface area contributed by atoms with Gasteiger partial charge in [-0.05, 0) is 33.2 Å². The molecule has 1 fully saturated rings. The average Bonchev–Trinajstić information content (AvgIpc) is 2.89. The summed E-state index contributed by atoms with van der Waals surface area (Å²) >= 11 is 0. The number of hydrogen-bond acceptors (Lipinski definition) is 4. The molecule has 0 spiro atoms. The van der Waals surface area contributed by atoms with E-state index in [1.54, 1.807) is 0 Å². The third kappa shape index (κ3) is 2.14. The Bertz CT molecular complexity index is 436. The Morgan fingerprint density at radius 2 is 2.28 bits per heavy atom.